The van der Waals surface area contributed by atoms with Crippen LogP contribution >= 0.6 is 35.0 Å². The molecule has 14 heavy (non-hydrogen) atoms. The van der Waals surface area contributed by atoms with Crippen molar-refractivity contribution in [3.63, 3.8) is 0 Å². The van der Waals surface area contributed by atoms with E-state index in [1.54, 1.807) is 12.1 Å². The van der Waals surface area contributed by atoms with E-state index in [4.69, 9.17) is 23.2 Å². The Labute approximate surface area is 96.8 Å². The average Bonchev–Trinajstić information content (AvgIpc) is 2.07. The van der Waals surface area contributed by atoms with E-state index in [0.29, 0.717) is 5.92 Å². The van der Waals surface area contributed by atoms with Gasteiger partial charge in [-0.3, -0.25) is 0 Å². The molecule has 0 saturated carbocycles. The Kier molecular flexibility index (Phi) is 3.25. The Bertz CT molecular complexity index is 327. The summed E-state index contributed by atoms with van der Waals surface area (Å²) in [7, 11) is 0. The van der Waals surface area contributed by atoms with Crippen molar-refractivity contribution in [2.75, 3.05) is 11.5 Å². The molecule has 76 valence electrons. The Morgan fingerprint density at radius 2 is 1.86 bits per heavy atom. The van der Waals surface area contributed by atoms with E-state index in [1.807, 2.05) is 11.8 Å². The molecule has 2 rings (SSSR count). The molecule has 0 aromatic heterocycles. The zero-order chi connectivity index (χ0) is 10.1. The lowest BCUT2D eigenvalue weighted by Crippen LogP contribution is -2.20. The quantitative estimate of drug-likeness (QED) is 0.715. The summed E-state index contributed by atoms with van der Waals surface area (Å²) in [4.78, 5) is 0. The van der Waals surface area contributed by atoms with Crippen molar-refractivity contribution in [2.24, 2.45) is 5.92 Å². The maximum absolute atomic E-state index is 13.1. The normalized spacial score (nSPS) is 16.8. The minimum Gasteiger partial charge on any atom is -0.204 e. The minimum absolute atomic E-state index is 0.125. The number of thioether (sulfide) groups is 1. The predicted molar refractivity (Wildman–Crippen MR) is 60.9 cm³/mol. The summed E-state index contributed by atoms with van der Waals surface area (Å²) in [6.45, 7) is 0. The predicted octanol–water partition coefficient (Wildman–Crippen LogP) is 4.04. The lowest BCUT2D eigenvalue weighted by molar-refractivity contribution is 0.619. The van der Waals surface area contributed by atoms with E-state index in [-0.39, 0.29) is 10.0 Å². The van der Waals surface area contributed by atoms with E-state index in [0.717, 1.165) is 12.0 Å². The van der Waals surface area contributed by atoms with Crippen molar-refractivity contribution in [1.29, 1.82) is 0 Å². The van der Waals surface area contributed by atoms with Gasteiger partial charge in [0.15, 0.2) is 5.82 Å². The molecular weight excluding hydrogens is 242 g/mol. The van der Waals surface area contributed by atoms with Gasteiger partial charge in [-0.1, -0.05) is 23.2 Å². The molecule has 0 atom stereocenters. The van der Waals surface area contributed by atoms with Gasteiger partial charge in [0.05, 0.1) is 10.0 Å². The van der Waals surface area contributed by atoms with E-state index < -0.39 is 5.82 Å². The van der Waals surface area contributed by atoms with Gasteiger partial charge in [0.2, 0.25) is 0 Å². The molecule has 1 heterocycles. The van der Waals surface area contributed by atoms with Crippen LogP contribution in [0, 0.1) is 11.7 Å². The van der Waals surface area contributed by atoms with Crippen LogP contribution < -0.4 is 0 Å². The highest BCUT2D eigenvalue weighted by Crippen LogP contribution is 2.31. The fourth-order valence-corrected chi connectivity index (χ4v) is 2.80. The maximum Gasteiger partial charge on any atom is 0.160 e. The summed E-state index contributed by atoms with van der Waals surface area (Å²) in [6.07, 6.45) is 0.951. The first-order chi connectivity index (χ1) is 6.66. The van der Waals surface area contributed by atoms with Crippen LogP contribution in [0.25, 0.3) is 0 Å². The van der Waals surface area contributed by atoms with Crippen molar-refractivity contribution >= 4 is 35.0 Å². The summed E-state index contributed by atoms with van der Waals surface area (Å²) in [5.74, 6) is 2.57. The molecule has 0 aliphatic carbocycles. The van der Waals surface area contributed by atoms with Gasteiger partial charge in [-0.05, 0) is 41.5 Å². The first kappa shape index (κ1) is 10.6. The molecule has 0 spiro atoms. The van der Waals surface area contributed by atoms with Crippen LogP contribution in [0.15, 0.2) is 12.1 Å². The number of hydrogen-bond donors (Lipinski definition) is 0. The van der Waals surface area contributed by atoms with Crippen LogP contribution in [0.1, 0.15) is 5.56 Å². The molecule has 1 aromatic rings. The summed E-state index contributed by atoms with van der Waals surface area (Å²) in [6, 6.07) is 3.34. The molecule has 0 amide bonds. The average molecular weight is 251 g/mol. The van der Waals surface area contributed by atoms with E-state index in [2.05, 4.69) is 0 Å². The zero-order valence-electron chi connectivity index (χ0n) is 7.40. The van der Waals surface area contributed by atoms with Crippen LogP contribution in [0.4, 0.5) is 4.39 Å². The van der Waals surface area contributed by atoms with Crippen molar-refractivity contribution in [2.45, 2.75) is 6.42 Å². The molecular formula is C10H9Cl2FS. The molecule has 1 aliphatic rings. The lowest BCUT2D eigenvalue weighted by atomic mass is 10.0. The zero-order valence-corrected chi connectivity index (χ0v) is 9.72. The number of rotatable bonds is 2. The molecule has 0 bridgehead atoms. The van der Waals surface area contributed by atoms with Gasteiger partial charge in [-0.25, -0.2) is 4.39 Å². The summed E-state index contributed by atoms with van der Waals surface area (Å²) in [5.41, 5.74) is 1.03. The van der Waals surface area contributed by atoms with Crippen LogP contribution in [-0.4, -0.2) is 11.5 Å². The molecule has 0 radical (unpaired) electrons. The van der Waals surface area contributed by atoms with Gasteiger partial charge in [0.1, 0.15) is 0 Å². The summed E-state index contributed by atoms with van der Waals surface area (Å²) in [5, 5.41) is 0.249. The van der Waals surface area contributed by atoms with E-state index >= 15 is 0 Å². The van der Waals surface area contributed by atoms with Gasteiger partial charge < -0.3 is 0 Å². The highest BCUT2D eigenvalue weighted by atomic mass is 35.5. The lowest BCUT2D eigenvalue weighted by Gasteiger charge is -2.24. The van der Waals surface area contributed by atoms with Crippen molar-refractivity contribution in [3.05, 3.63) is 33.6 Å². The molecule has 0 N–H and O–H groups in total. The Hall–Kier alpha value is 0.0800. The van der Waals surface area contributed by atoms with Gasteiger partial charge in [-0.2, -0.15) is 11.8 Å². The van der Waals surface area contributed by atoms with E-state index in [1.165, 1.54) is 11.5 Å². The van der Waals surface area contributed by atoms with Gasteiger partial charge in [0.25, 0.3) is 0 Å². The third kappa shape index (κ3) is 2.18. The number of hydrogen-bond acceptors (Lipinski definition) is 1. The van der Waals surface area contributed by atoms with E-state index in [9.17, 15) is 4.39 Å². The van der Waals surface area contributed by atoms with Crippen LogP contribution in [0.2, 0.25) is 10.0 Å². The van der Waals surface area contributed by atoms with Gasteiger partial charge >= 0.3 is 0 Å². The number of benzene rings is 1. The molecule has 0 nitrogen and oxygen atoms in total. The Morgan fingerprint density at radius 1 is 1.29 bits per heavy atom. The van der Waals surface area contributed by atoms with Crippen molar-refractivity contribution < 1.29 is 4.39 Å². The fraction of sp³-hybridized carbons (Fsp3) is 0.400. The second-order valence-corrected chi connectivity index (χ2v) is 5.37. The highest BCUT2D eigenvalue weighted by Gasteiger charge is 2.19. The smallest absolute Gasteiger partial charge is 0.160 e. The molecule has 1 aliphatic heterocycles. The van der Waals surface area contributed by atoms with Crippen LogP contribution in [0.5, 0.6) is 0 Å². The van der Waals surface area contributed by atoms with Crippen molar-refractivity contribution in [3.8, 4) is 0 Å². The molecule has 4 heteroatoms. The third-order valence-corrected chi connectivity index (χ3v) is 4.24. The van der Waals surface area contributed by atoms with Crippen LogP contribution in [0.3, 0.4) is 0 Å². The Morgan fingerprint density at radius 3 is 2.29 bits per heavy atom. The molecule has 1 aromatic carbocycles. The number of halogens is 3. The first-order valence-electron chi connectivity index (χ1n) is 4.38. The first-order valence-corrected chi connectivity index (χ1v) is 6.29. The SMILES string of the molecule is Fc1c(Cl)cc(CC2CSC2)cc1Cl. The van der Waals surface area contributed by atoms with Crippen LogP contribution in [-0.2, 0) is 6.42 Å². The minimum atomic E-state index is -0.514. The second-order valence-electron chi connectivity index (χ2n) is 3.48. The molecule has 1 fully saturated rings. The van der Waals surface area contributed by atoms with Crippen molar-refractivity contribution in [1.82, 2.24) is 0 Å². The maximum atomic E-state index is 13.1. The third-order valence-electron chi connectivity index (χ3n) is 2.28. The largest absolute Gasteiger partial charge is 0.204 e. The molecule has 0 unspecified atom stereocenters. The monoisotopic (exact) mass is 250 g/mol. The van der Waals surface area contributed by atoms with Gasteiger partial charge in [0, 0.05) is 0 Å². The van der Waals surface area contributed by atoms with Gasteiger partial charge in [-0.15, -0.1) is 0 Å². The Balaban J connectivity index is 2.17. The second kappa shape index (κ2) is 4.30. The standard InChI is InChI=1S/C10H9Cl2FS/c11-8-2-6(1-7-4-14-5-7)3-9(12)10(8)13/h2-3,7H,1,4-5H2. The highest BCUT2D eigenvalue weighted by molar-refractivity contribution is 8.00. The summed E-state index contributed by atoms with van der Waals surface area (Å²) >= 11 is 13.3. The summed E-state index contributed by atoms with van der Waals surface area (Å²) < 4.78 is 13.1. The fourth-order valence-electron chi connectivity index (χ4n) is 1.46. The topological polar surface area (TPSA) is 0 Å². The molecule has 1 saturated heterocycles.